The Hall–Kier alpha value is -2.20. The van der Waals surface area contributed by atoms with Gasteiger partial charge in [-0.3, -0.25) is 9.80 Å². The minimum absolute atomic E-state index is 0.0246. The highest BCUT2D eigenvalue weighted by molar-refractivity contribution is 5.32. The van der Waals surface area contributed by atoms with Crippen molar-refractivity contribution in [3.8, 4) is 6.07 Å². The molecule has 2 aromatic rings. The number of benzene rings is 1. The zero-order valence-corrected chi connectivity index (χ0v) is 16.0. The molecule has 6 nitrogen and oxygen atoms in total. The van der Waals surface area contributed by atoms with Gasteiger partial charge in [-0.25, -0.2) is 4.98 Å². The monoisotopic (exact) mass is 365 g/mol. The minimum Gasteiger partial charge on any atom is -0.372 e. The molecule has 2 fully saturated rings. The molecule has 0 unspecified atom stereocenters. The number of piperidine rings is 1. The normalized spacial score (nSPS) is 20.6. The summed E-state index contributed by atoms with van der Waals surface area (Å²) >= 11 is 0. The largest absolute Gasteiger partial charge is 0.372 e. The molecule has 0 radical (unpaired) electrons. The standard InChI is InChI=1S/C21H27N5O/c1-24-10-7-23-20(24)16-25-8-5-21(6-9-25)17-26(11-12-27-21)15-19-4-2-3-18(13-19)14-22/h2-4,7,10,13H,5-6,8-9,11-12,15-17H2,1H3. The van der Waals surface area contributed by atoms with E-state index in [-0.39, 0.29) is 5.60 Å². The molecule has 2 aliphatic heterocycles. The quantitative estimate of drug-likeness (QED) is 0.831. The van der Waals surface area contributed by atoms with E-state index in [1.165, 1.54) is 5.56 Å². The molecule has 4 rings (SSSR count). The van der Waals surface area contributed by atoms with Crippen molar-refractivity contribution >= 4 is 0 Å². The van der Waals surface area contributed by atoms with E-state index in [9.17, 15) is 0 Å². The summed E-state index contributed by atoms with van der Waals surface area (Å²) in [6.07, 6.45) is 5.99. The predicted octanol–water partition coefficient (Wildman–Crippen LogP) is 2.16. The fraction of sp³-hybridized carbons (Fsp3) is 0.524. The van der Waals surface area contributed by atoms with Crippen LogP contribution in [-0.2, 0) is 24.9 Å². The van der Waals surface area contributed by atoms with E-state index in [4.69, 9.17) is 10.00 Å². The lowest BCUT2D eigenvalue weighted by Crippen LogP contribution is -2.56. The molecule has 0 N–H and O–H groups in total. The second-order valence-corrected chi connectivity index (χ2v) is 7.78. The summed E-state index contributed by atoms with van der Waals surface area (Å²) in [6, 6.07) is 10.2. The third-order valence-corrected chi connectivity index (χ3v) is 5.84. The third-order valence-electron chi connectivity index (χ3n) is 5.84. The Labute approximate surface area is 161 Å². The molecule has 2 saturated heterocycles. The molecule has 0 bridgehead atoms. The Morgan fingerprint density at radius 2 is 2.04 bits per heavy atom. The molecule has 6 heteroatoms. The zero-order valence-electron chi connectivity index (χ0n) is 16.0. The number of aromatic nitrogens is 2. The van der Waals surface area contributed by atoms with Crippen LogP contribution in [0.25, 0.3) is 0 Å². The fourth-order valence-electron chi connectivity index (χ4n) is 4.23. The fourth-order valence-corrected chi connectivity index (χ4v) is 4.23. The van der Waals surface area contributed by atoms with E-state index in [0.717, 1.165) is 70.1 Å². The van der Waals surface area contributed by atoms with Crippen LogP contribution in [0.3, 0.4) is 0 Å². The van der Waals surface area contributed by atoms with Crippen LogP contribution in [0.1, 0.15) is 29.8 Å². The first kappa shape index (κ1) is 18.2. The van der Waals surface area contributed by atoms with Crippen LogP contribution in [0.15, 0.2) is 36.7 Å². The summed E-state index contributed by atoms with van der Waals surface area (Å²) in [7, 11) is 2.05. The third kappa shape index (κ3) is 4.22. The maximum absolute atomic E-state index is 9.11. The predicted molar refractivity (Wildman–Crippen MR) is 103 cm³/mol. The van der Waals surface area contributed by atoms with Crippen LogP contribution < -0.4 is 0 Å². The molecule has 3 heterocycles. The van der Waals surface area contributed by atoms with E-state index in [1.54, 1.807) is 0 Å². The Kier molecular flexibility index (Phi) is 5.26. The number of likely N-dealkylation sites (tertiary alicyclic amines) is 1. The molecule has 2 aliphatic rings. The van der Waals surface area contributed by atoms with Gasteiger partial charge in [0.15, 0.2) is 0 Å². The van der Waals surface area contributed by atoms with Crippen molar-refractivity contribution in [1.29, 1.82) is 5.26 Å². The molecule has 0 aliphatic carbocycles. The van der Waals surface area contributed by atoms with Crippen LogP contribution in [0.2, 0.25) is 0 Å². The Bertz CT molecular complexity index is 816. The van der Waals surface area contributed by atoms with Gasteiger partial charge in [0.25, 0.3) is 0 Å². The first-order valence-corrected chi connectivity index (χ1v) is 9.70. The topological polar surface area (TPSA) is 57.3 Å². The SMILES string of the molecule is Cn1ccnc1CN1CCC2(CC1)CN(Cc1cccc(C#N)c1)CCO2. The van der Waals surface area contributed by atoms with Crippen molar-refractivity contribution in [3.05, 3.63) is 53.6 Å². The highest BCUT2D eigenvalue weighted by Gasteiger charge is 2.39. The second kappa shape index (κ2) is 7.81. The van der Waals surface area contributed by atoms with Gasteiger partial charge >= 0.3 is 0 Å². The molecule has 142 valence electrons. The van der Waals surface area contributed by atoms with Gasteiger partial charge < -0.3 is 9.30 Å². The van der Waals surface area contributed by atoms with E-state index in [1.807, 2.05) is 30.6 Å². The number of nitriles is 1. The van der Waals surface area contributed by atoms with E-state index in [0.29, 0.717) is 0 Å². The zero-order chi connectivity index (χ0) is 18.7. The molecular formula is C21H27N5O. The lowest BCUT2D eigenvalue weighted by Gasteiger charge is -2.47. The van der Waals surface area contributed by atoms with Crippen molar-refractivity contribution in [3.63, 3.8) is 0 Å². The van der Waals surface area contributed by atoms with Gasteiger partial charge in [-0.05, 0) is 30.5 Å². The smallest absolute Gasteiger partial charge is 0.122 e. The molecule has 1 spiro atoms. The summed E-state index contributed by atoms with van der Waals surface area (Å²) in [5.74, 6) is 1.12. The Morgan fingerprint density at radius 1 is 1.19 bits per heavy atom. The summed E-state index contributed by atoms with van der Waals surface area (Å²) in [5, 5.41) is 9.11. The highest BCUT2D eigenvalue weighted by Crippen LogP contribution is 2.31. The number of imidazole rings is 1. The Morgan fingerprint density at radius 3 is 2.78 bits per heavy atom. The lowest BCUT2D eigenvalue weighted by atomic mass is 9.89. The average Bonchev–Trinajstić information content (AvgIpc) is 3.09. The number of hydrogen-bond donors (Lipinski definition) is 0. The molecule has 0 amide bonds. The minimum atomic E-state index is -0.0246. The summed E-state index contributed by atoms with van der Waals surface area (Å²) in [6.45, 7) is 6.60. The molecule has 1 aromatic heterocycles. The first-order valence-electron chi connectivity index (χ1n) is 9.70. The maximum Gasteiger partial charge on any atom is 0.122 e. The van der Waals surface area contributed by atoms with Crippen LogP contribution in [-0.4, -0.2) is 57.7 Å². The first-order chi connectivity index (χ1) is 13.2. The van der Waals surface area contributed by atoms with Crippen LogP contribution in [0.4, 0.5) is 0 Å². The van der Waals surface area contributed by atoms with E-state index >= 15 is 0 Å². The van der Waals surface area contributed by atoms with E-state index < -0.39 is 0 Å². The Balaban J connectivity index is 1.34. The number of morpholine rings is 1. The van der Waals surface area contributed by atoms with Gasteiger partial charge in [-0.15, -0.1) is 0 Å². The van der Waals surface area contributed by atoms with Crippen molar-refractivity contribution < 1.29 is 4.74 Å². The van der Waals surface area contributed by atoms with Gasteiger partial charge in [0.2, 0.25) is 0 Å². The van der Waals surface area contributed by atoms with Crippen molar-refractivity contribution in [2.45, 2.75) is 31.5 Å². The van der Waals surface area contributed by atoms with Gasteiger partial charge in [0.1, 0.15) is 5.82 Å². The molecule has 27 heavy (non-hydrogen) atoms. The number of nitrogens with zero attached hydrogens (tertiary/aromatic N) is 5. The van der Waals surface area contributed by atoms with Gasteiger partial charge in [-0.2, -0.15) is 5.26 Å². The molecule has 1 aromatic carbocycles. The average molecular weight is 365 g/mol. The summed E-state index contributed by atoms with van der Waals surface area (Å²) in [4.78, 5) is 9.40. The number of rotatable bonds is 4. The molecular weight excluding hydrogens is 338 g/mol. The molecule has 0 atom stereocenters. The van der Waals surface area contributed by atoms with Gasteiger partial charge in [0.05, 0.1) is 30.4 Å². The van der Waals surface area contributed by atoms with Gasteiger partial charge in [-0.1, -0.05) is 12.1 Å². The van der Waals surface area contributed by atoms with Crippen molar-refractivity contribution in [2.24, 2.45) is 7.05 Å². The second-order valence-electron chi connectivity index (χ2n) is 7.78. The van der Waals surface area contributed by atoms with E-state index in [2.05, 4.69) is 38.5 Å². The van der Waals surface area contributed by atoms with Crippen LogP contribution in [0.5, 0.6) is 0 Å². The van der Waals surface area contributed by atoms with Crippen molar-refractivity contribution in [1.82, 2.24) is 19.4 Å². The van der Waals surface area contributed by atoms with Crippen LogP contribution in [0, 0.1) is 11.3 Å². The number of aryl methyl sites for hydroxylation is 1. The summed E-state index contributed by atoms with van der Waals surface area (Å²) < 4.78 is 8.38. The summed E-state index contributed by atoms with van der Waals surface area (Å²) in [5.41, 5.74) is 1.92. The number of ether oxygens (including phenoxy) is 1. The maximum atomic E-state index is 9.11. The van der Waals surface area contributed by atoms with Gasteiger partial charge in [0, 0.05) is 52.2 Å². The van der Waals surface area contributed by atoms with Crippen LogP contribution >= 0.6 is 0 Å². The highest BCUT2D eigenvalue weighted by atomic mass is 16.5. The lowest BCUT2D eigenvalue weighted by molar-refractivity contribution is -0.138. The number of hydrogen-bond acceptors (Lipinski definition) is 5. The molecule has 0 saturated carbocycles. The van der Waals surface area contributed by atoms with Crippen molar-refractivity contribution in [2.75, 3.05) is 32.8 Å².